The SMILES string of the molecule is CCCNC(C)c1ccc(N(C)Cc2ccc(Cl)s2)nc1. The lowest BCUT2D eigenvalue weighted by Crippen LogP contribution is -2.20. The van der Waals surface area contributed by atoms with E-state index in [9.17, 15) is 0 Å². The number of anilines is 1. The van der Waals surface area contributed by atoms with Crippen LogP contribution in [0.4, 0.5) is 5.82 Å². The molecule has 0 saturated heterocycles. The summed E-state index contributed by atoms with van der Waals surface area (Å²) in [7, 11) is 2.05. The van der Waals surface area contributed by atoms with Gasteiger partial charge in [0.05, 0.1) is 10.9 Å². The largest absolute Gasteiger partial charge is 0.355 e. The number of hydrogen-bond donors (Lipinski definition) is 1. The number of pyridine rings is 1. The van der Waals surface area contributed by atoms with Crippen molar-refractivity contribution >= 4 is 28.8 Å². The molecule has 1 N–H and O–H groups in total. The molecule has 1 atom stereocenters. The van der Waals surface area contributed by atoms with Crippen LogP contribution >= 0.6 is 22.9 Å². The summed E-state index contributed by atoms with van der Waals surface area (Å²) in [5.41, 5.74) is 1.22. The highest BCUT2D eigenvalue weighted by molar-refractivity contribution is 7.16. The van der Waals surface area contributed by atoms with Crippen LogP contribution in [0.25, 0.3) is 0 Å². The fourth-order valence-electron chi connectivity index (χ4n) is 2.11. The Morgan fingerprint density at radius 1 is 1.33 bits per heavy atom. The van der Waals surface area contributed by atoms with Crippen molar-refractivity contribution in [2.45, 2.75) is 32.9 Å². The monoisotopic (exact) mass is 323 g/mol. The summed E-state index contributed by atoms with van der Waals surface area (Å²) in [6.07, 6.45) is 3.10. The van der Waals surface area contributed by atoms with Gasteiger partial charge in [0, 0.05) is 24.2 Å². The van der Waals surface area contributed by atoms with Gasteiger partial charge in [-0.2, -0.15) is 0 Å². The number of hydrogen-bond acceptors (Lipinski definition) is 4. The first-order valence-electron chi connectivity index (χ1n) is 7.25. The maximum atomic E-state index is 5.96. The lowest BCUT2D eigenvalue weighted by atomic mass is 10.1. The Morgan fingerprint density at radius 3 is 2.71 bits per heavy atom. The molecule has 114 valence electrons. The summed E-state index contributed by atoms with van der Waals surface area (Å²) < 4.78 is 0.831. The van der Waals surface area contributed by atoms with Crippen LogP contribution in [0.2, 0.25) is 4.34 Å². The minimum atomic E-state index is 0.341. The molecule has 0 aliphatic rings. The van der Waals surface area contributed by atoms with E-state index in [0.29, 0.717) is 6.04 Å². The zero-order valence-electron chi connectivity index (χ0n) is 12.8. The number of aromatic nitrogens is 1. The van der Waals surface area contributed by atoms with E-state index >= 15 is 0 Å². The lowest BCUT2D eigenvalue weighted by molar-refractivity contribution is 0.569. The second-order valence-electron chi connectivity index (χ2n) is 5.19. The maximum absolute atomic E-state index is 5.96. The van der Waals surface area contributed by atoms with Crippen LogP contribution in [0.3, 0.4) is 0 Å². The Morgan fingerprint density at radius 2 is 2.14 bits per heavy atom. The summed E-state index contributed by atoms with van der Waals surface area (Å²) >= 11 is 7.58. The van der Waals surface area contributed by atoms with Crippen LogP contribution in [0.5, 0.6) is 0 Å². The topological polar surface area (TPSA) is 28.2 Å². The molecule has 2 aromatic rings. The molecule has 21 heavy (non-hydrogen) atoms. The summed E-state index contributed by atoms with van der Waals surface area (Å²) in [4.78, 5) is 7.95. The lowest BCUT2D eigenvalue weighted by Gasteiger charge is -2.19. The van der Waals surface area contributed by atoms with Gasteiger partial charge in [0.25, 0.3) is 0 Å². The average molecular weight is 324 g/mol. The number of thiophene rings is 1. The van der Waals surface area contributed by atoms with Crippen LogP contribution in [0, 0.1) is 0 Å². The Labute approximate surface area is 136 Å². The molecule has 0 aliphatic heterocycles. The zero-order chi connectivity index (χ0) is 15.2. The fraction of sp³-hybridized carbons (Fsp3) is 0.438. The molecular formula is C16H22ClN3S. The van der Waals surface area contributed by atoms with Gasteiger partial charge < -0.3 is 10.2 Å². The summed E-state index contributed by atoms with van der Waals surface area (Å²) in [5, 5.41) is 3.47. The molecule has 5 heteroatoms. The molecule has 0 saturated carbocycles. The number of nitrogens with zero attached hydrogens (tertiary/aromatic N) is 2. The van der Waals surface area contributed by atoms with E-state index in [1.807, 2.05) is 19.3 Å². The molecule has 2 heterocycles. The van der Waals surface area contributed by atoms with Crippen molar-refractivity contribution in [2.75, 3.05) is 18.5 Å². The third-order valence-electron chi connectivity index (χ3n) is 3.38. The molecule has 0 bridgehead atoms. The van der Waals surface area contributed by atoms with Crippen LogP contribution in [-0.2, 0) is 6.54 Å². The molecular weight excluding hydrogens is 302 g/mol. The number of halogens is 1. The Hall–Kier alpha value is -1.10. The predicted octanol–water partition coefficient (Wildman–Crippen LogP) is 4.49. The molecule has 0 amide bonds. The van der Waals surface area contributed by atoms with Gasteiger partial charge in [-0.3, -0.25) is 0 Å². The Bertz CT molecular complexity index is 553. The van der Waals surface area contributed by atoms with Gasteiger partial charge in [0.1, 0.15) is 5.82 Å². The summed E-state index contributed by atoms with van der Waals surface area (Å²) in [6, 6.07) is 8.57. The molecule has 1 unspecified atom stereocenters. The molecule has 0 aromatic carbocycles. The van der Waals surface area contributed by atoms with Gasteiger partial charge in [-0.15, -0.1) is 11.3 Å². The fourth-order valence-corrected chi connectivity index (χ4v) is 3.25. The standard InChI is InChI=1S/C16H22ClN3S/c1-4-9-18-12(2)13-5-8-16(19-10-13)20(3)11-14-6-7-15(17)21-14/h5-8,10,12,18H,4,9,11H2,1-3H3. The second-order valence-corrected chi connectivity index (χ2v) is 6.99. The first kappa shape index (κ1) is 16.3. The van der Waals surface area contributed by atoms with E-state index < -0.39 is 0 Å². The third kappa shape index (κ3) is 4.70. The van der Waals surface area contributed by atoms with Crippen molar-refractivity contribution in [2.24, 2.45) is 0 Å². The molecule has 0 aliphatic carbocycles. The smallest absolute Gasteiger partial charge is 0.128 e. The molecule has 0 fully saturated rings. The molecule has 3 nitrogen and oxygen atoms in total. The van der Waals surface area contributed by atoms with E-state index in [2.05, 4.69) is 47.2 Å². The van der Waals surface area contributed by atoms with Gasteiger partial charge >= 0.3 is 0 Å². The zero-order valence-corrected chi connectivity index (χ0v) is 14.3. The van der Waals surface area contributed by atoms with Crippen molar-refractivity contribution in [1.82, 2.24) is 10.3 Å². The van der Waals surface area contributed by atoms with Gasteiger partial charge in [-0.05, 0) is 43.7 Å². The second kappa shape index (κ2) is 7.78. The minimum Gasteiger partial charge on any atom is -0.355 e. The van der Waals surface area contributed by atoms with E-state index in [1.165, 1.54) is 10.4 Å². The van der Waals surface area contributed by atoms with Crippen molar-refractivity contribution in [1.29, 1.82) is 0 Å². The van der Waals surface area contributed by atoms with Crippen molar-refractivity contribution in [3.05, 3.63) is 45.2 Å². The van der Waals surface area contributed by atoms with Crippen molar-refractivity contribution in [3.8, 4) is 0 Å². The first-order valence-corrected chi connectivity index (χ1v) is 8.44. The molecule has 2 rings (SSSR count). The molecule has 0 radical (unpaired) electrons. The van der Waals surface area contributed by atoms with E-state index in [1.54, 1.807) is 11.3 Å². The van der Waals surface area contributed by atoms with E-state index in [-0.39, 0.29) is 0 Å². The van der Waals surface area contributed by atoms with Crippen LogP contribution in [-0.4, -0.2) is 18.6 Å². The van der Waals surface area contributed by atoms with Gasteiger partial charge in [-0.25, -0.2) is 4.98 Å². The number of nitrogens with one attached hydrogen (secondary N) is 1. The van der Waals surface area contributed by atoms with E-state index in [0.717, 1.165) is 29.7 Å². The highest BCUT2D eigenvalue weighted by Gasteiger charge is 2.08. The average Bonchev–Trinajstić information content (AvgIpc) is 2.90. The van der Waals surface area contributed by atoms with Crippen molar-refractivity contribution < 1.29 is 0 Å². The van der Waals surface area contributed by atoms with Gasteiger partial charge in [0.15, 0.2) is 0 Å². The van der Waals surface area contributed by atoms with Gasteiger partial charge in [0.2, 0.25) is 0 Å². The summed E-state index contributed by atoms with van der Waals surface area (Å²) in [5.74, 6) is 0.978. The Kier molecular flexibility index (Phi) is 6.03. The highest BCUT2D eigenvalue weighted by atomic mass is 35.5. The van der Waals surface area contributed by atoms with Crippen LogP contribution in [0.1, 0.15) is 36.8 Å². The van der Waals surface area contributed by atoms with Gasteiger partial charge in [-0.1, -0.05) is 24.6 Å². The molecule has 0 spiro atoms. The number of rotatable bonds is 7. The summed E-state index contributed by atoms with van der Waals surface area (Å²) in [6.45, 7) is 6.20. The third-order valence-corrected chi connectivity index (χ3v) is 4.60. The maximum Gasteiger partial charge on any atom is 0.128 e. The predicted molar refractivity (Wildman–Crippen MR) is 92.4 cm³/mol. The highest BCUT2D eigenvalue weighted by Crippen LogP contribution is 2.24. The molecule has 2 aromatic heterocycles. The quantitative estimate of drug-likeness (QED) is 0.813. The van der Waals surface area contributed by atoms with Crippen LogP contribution in [0.15, 0.2) is 30.5 Å². The van der Waals surface area contributed by atoms with Crippen molar-refractivity contribution in [3.63, 3.8) is 0 Å². The normalized spacial score (nSPS) is 12.4. The Balaban J connectivity index is 1.97. The van der Waals surface area contributed by atoms with Crippen LogP contribution < -0.4 is 10.2 Å². The van der Waals surface area contributed by atoms with E-state index in [4.69, 9.17) is 11.6 Å². The minimum absolute atomic E-state index is 0.341. The first-order chi connectivity index (χ1) is 10.1.